The van der Waals surface area contributed by atoms with Gasteiger partial charge < -0.3 is 14.8 Å². The standard InChI is InChI=1S/C34H41N5O4S/c40-33(28-8-4-18-35-22-28)23-36-19-16-26-10-12-29(13-11-26)38-44(41,42)31-14-15-32-27(21-31)17-20-39(32)34-37-30(24-43-34)9-3-7-25-5-1-2-6-25/h4,8,10-15,18,21-22,24-25,33,36,38,40H,1-3,5-7,9,16-17,19-20,23H2. The minimum atomic E-state index is -3.75. The molecule has 6 rings (SSSR count). The molecule has 0 radical (unpaired) electrons. The molecule has 10 heteroatoms. The van der Waals surface area contributed by atoms with E-state index in [0.717, 1.165) is 59.7 Å². The number of aliphatic hydroxyl groups excluding tert-OH is 1. The quantitative estimate of drug-likeness (QED) is 0.149. The van der Waals surface area contributed by atoms with Gasteiger partial charge in [0.25, 0.3) is 10.0 Å². The number of aliphatic hydroxyl groups is 1. The third kappa shape index (κ3) is 7.49. The topological polar surface area (TPSA) is 121 Å². The number of anilines is 3. The molecule has 9 nitrogen and oxygen atoms in total. The molecule has 0 spiro atoms. The number of nitrogens with zero attached hydrogens (tertiary/aromatic N) is 3. The van der Waals surface area contributed by atoms with Crippen LogP contribution in [0.15, 0.2) is 82.6 Å². The van der Waals surface area contributed by atoms with Crippen molar-refractivity contribution in [2.45, 2.75) is 68.8 Å². The summed E-state index contributed by atoms with van der Waals surface area (Å²) in [6.45, 7) is 1.82. The number of fused-ring (bicyclic) bond motifs is 1. The second-order valence-electron chi connectivity index (χ2n) is 11.9. The Morgan fingerprint density at radius 1 is 1.07 bits per heavy atom. The van der Waals surface area contributed by atoms with Gasteiger partial charge in [0, 0.05) is 42.4 Å². The van der Waals surface area contributed by atoms with Crippen molar-refractivity contribution in [1.82, 2.24) is 15.3 Å². The van der Waals surface area contributed by atoms with E-state index in [1.165, 1.54) is 32.1 Å². The summed E-state index contributed by atoms with van der Waals surface area (Å²) in [6.07, 6.45) is 14.8. The molecule has 2 aliphatic rings. The Bertz CT molecular complexity index is 1620. The molecule has 1 atom stereocenters. The number of benzene rings is 2. The normalized spacial score (nSPS) is 15.9. The maximum atomic E-state index is 13.2. The monoisotopic (exact) mass is 615 g/mol. The Labute approximate surface area is 259 Å². The van der Waals surface area contributed by atoms with Crippen molar-refractivity contribution in [2.75, 3.05) is 29.3 Å². The van der Waals surface area contributed by atoms with Crippen LogP contribution in [-0.4, -0.2) is 43.1 Å². The summed E-state index contributed by atoms with van der Waals surface area (Å²) in [7, 11) is -3.75. The van der Waals surface area contributed by atoms with E-state index in [-0.39, 0.29) is 4.90 Å². The van der Waals surface area contributed by atoms with Gasteiger partial charge in [-0.15, -0.1) is 0 Å². The van der Waals surface area contributed by atoms with Crippen LogP contribution in [0, 0.1) is 5.92 Å². The molecule has 1 saturated carbocycles. The first-order valence-corrected chi connectivity index (χ1v) is 17.2. The van der Waals surface area contributed by atoms with Crippen LogP contribution in [0.1, 0.15) is 67.0 Å². The third-order valence-electron chi connectivity index (χ3n) is 8.75. The van der Waals surface area contributed by atoms with Crippen LogP contribution >= 0.6 is 0 Å². The van der Waals surface area contributed by atoms with Crippen LogP contribution in [0.4, 0.5) is 17.4 Å². The van der Waals surface area contributed by atoms with E-state index in [2.05, 4.69) is 15.0 Å². The Balaban J connectivity index is 0.999. The van der Waals surface area contributed by atoms with Gasteiger partial charge in [-0.05, 0) is 85.7 Å². The van der Waals surface area contributed by atoms with Gasteiger partial charge >= 0.3 is 6.01 Å². The first kappa shape index (κ1) is 30.3. The van der Waals surface area contributed by atoms with Gasteiger partial charge in [0.15, 0.2) is 0 Å². The minimum Gasteiger partial charge on any atom is -0.432 e. The highest BCUT2D eigenvalue weighted by molar-refractivity contribution is 7.92. The fourth-order valence-electron chi connectivity index (χ4n) is 6.27. The molecule has 3 heterocycles. The van der Waals surface area contributed by atoms with Gasteiger partial charge in [-0.2, -0.15) is 4.98 Å². The first-order chi connectivity index (χ1) is 21.4. The Morgan fingerprint density at radius 2 is 1.91 bits per heavy atom. The largest absolute Gasteiger partial charge is 0.432 e. The molecule has 0 bridgehead atoms. The van der Waals surface area contributed by atoms with Crippen molar-refractivity contribution in [1.29, 1.82) is 0 Å². The number of aryl methyl sites for hydroxylation is 1. The SMILES string of the molecule is O=S(=O)(Nc1ccc(CCNCC(O)c2cccnc2)cc1)c1ccc2c(c1)CCN2c1nc(CCCC2CCCC2)co1. The van der Waals surface area contributed by atoms with Crippen molar-refractivity contribution < 1.29 is 17.9 Å². The van der Waals surface area contributed by atoms with Crippen LogP contribution in [0.25, 0.3) is 0 Å². The number of nitrogens with one attached hydrogen (secondary N) is 2. The summed E-state index contributed by atoms with van der Waals surface area (Å²) in [5.74, 6) is 0.879. The minimum absolute atomic E-state index is 0.235. The maximum absolute atomic E-state index is 13.2. The van der Waals surface area contributed by atoms with Crippen molar-refractivity contribution in [2.24, 2.45) is 5.92 Å². The molecule has 2 aromatic heterocycles. The summed E-state index contributed by atoms with van der Waals surface area (Å²) in [6, 6.07) is 16.9. The smallest absolute Gasteiger partial charge is 0.302 e. The van der Waals surface area contributed by atoms with Crippen molar-refractivity contribution in [3.05, 3.63) is 95.6 Å². The summed E-state index contributed by atoms with van der Waals surface area (Å²) in [4.78, 5) is 11.1. The number of hydrogen-bond donors (Lipinski definition) is 3. The molecule has 0 amide bonds. The number of oxazole rings is 1. The van der Waals surface area contributed by atoms with Crippen LogP contribution < -0.4 is 14.9 Å². The van der Waals surface area contributed by atoms with Crippen LogP contribution in [0.5, 0.6) is 0 Å². The Morgan fingerprint density at radius 3 is 2.70 bits per heavy atom. The van der Waals surface area contributed by atoms with Crippen molar-refractivity contribution in [3.63, 3.8) is 0 Å². The Hall–Kier alpha value is -3.73. The third-order valence-corrected chi connectivity index (χ3v) is 10.1. The molecule has 4 aromatic rings. The molecule has 44 heavy (non-hydrogen) atoms. The fourth-order valence-corrected chi connectivity index (χ4v) is 7.37. The highest BCUT2D eigenvalue weighted by Crippen LogP contribution is 2.36. The number of sulfonamides is 1. The van der Waals surface area contributed by atoms with Gasteiger partial charge in [-0.25, -0.2) is 8.42 Å². The Kier molecular flexibility index (Phi) is 9.59. The van der Waals surface area contributed by atoms with E-state index < -0.39 is 16.1 Å². The number of pyridine rings is 1. The second-order valence-corrected chi connectivity index (χ2v) is 13.6. The molecule has 1 fully saturated rings. The molecule has 3 N–H and O–H groups in total. The molecule has 0 saturated heterocycles. The molecule has 1 aliphatic carbocycles. The first-order valence-electron chi connectivity index (χ1n) is 15.7. The van der Waals surface area contributed by atoms with Gasteiger partial charge in [0.2, 0.25) is 0 Å². The van der Waals surface area contributed by atoms with Crippen molar-refractivity contribution >= 4 is 27.4 Å². The van der Waals surface area contributed by atoms with Gasteiger partial charge in [0.1, 0.15) is 6.26 Å². The summed E-state index contributed by atoms with van der Waals surface area (Å²) >= 11 is 0. The van der Waals surface area contributed by atoms with Crippen LogP contribution in [0.3, 0.4) is 0 Å². The average molecular weight is 616 g/mol. The molecule has 1 unspecified atom stereocenters. The lowest BCUT2D eigenvalue weighted by Crippen LogP contribution is -2.23. The molecular formula is C34H41N5O4S. The van der Waals surface area contributed by atoms with E-state index in [1.807, 2.05) is 29.2 Å². The number of hydrogen-bond acceptors (Lipinski definition) is 8. The van der Waals surface area contributed by atoms with E-state index in [1.54, 1.807) is 49.0 Å². The lowest BCUT2D eigenvalue weighted by molar-refractivity contribution is 0.174. The molecule has 1 aliphatic heterocycles. The van der Waals surface area contributed by atoms with Gasteiger partial charge in [-0.1, -0.05) is 50.3 Å². The zero-order valence-corrected chi connectivity index (χ0v) is 25.8. The lowest BCUT2D eigenvalue weighted by atomic mass is 10.0. The van der Waals surface area contributed by atoms with Crippen LogP contribution in [-0.2, 0) is 29.3 Å². The highest BCUT2D eigenvalue weighted by atomic mass is 32.2. The lowest BCUT2D eigenvalue weighted by Gasteiger charge is -2.15. The zero-order valence-electron chi connectivity index (χ0n) is 25.0. The molecule has 232 valence electrons. The van der Waals surface area contributed by atoms with Crippen LogP contribution in [0.2, 0.25) is 0 Å². The number of aromatic nitrogens is 2. The molecular weight excluding hydrogens is 574 g/mol. The predicted octanol–water partition coefficient (Wildman–Crippen LogP) is 5.94. The highest BCUT2D eigenvalue weighted by Gasteiger charge is 2.26. The average Bonchev–Trinajstić information content (AvgIpc) is 3.82. The summed E-state index contributed by atoms with van der Waals surface area (Å²) in [5, 5.41) is 13.5. The van der Waals surface area contributed by atoms with E-state index in [0.29, 0.717) is 31.3 Å². The summed E-state index contributed by atoms with van der Waals surface area (Å²) in [5.41, 5.74) is 5.24. The van der Waals surface area contributed by atoms with E-state index in [9.17, 15) is 13.5 Å². The molecule has 2 aromatic carbocycles. The van der Waals surface area contributed by atoms with Gasteiger partial charge in [0.05, 0.1) is 16.7 Å². The maximum Gasteiger partial charge on any atom is 0.302 e. The van der Waals surface area contributed by atoms with Crippen molar-refractivity contribution in [3.8, 4) is 0 Å². The zero-order chi connectivity index (χ0) is 30.4. The summed E-state index contributed by atoms with van der Waals surface area (Å²) < 4.78 is 35.0. The van der Waals surface area contributed by atoms with E-state index >= 15 is 0 Å². The predicted molar refractivity (Wildman–Crippen MR) is 172 cm³/mol. The number of rotatable bonds is 14. The van der Waals surface area contributed by atoms with Gasteiger partial charge in [-0.3, -0.25) is 14.6 Å². The van der Waals surface area contributed by atoms with E-state index in [4.69, 9.17) is 9.40 Å². The fraction of sp³-hybridized carbons (Fsp3) is 0.412. The second kappa shape index (κ2) is 13.9.